The number of nitrogens with one attached hydrogen (secondary N) is 1. The molecule has 2 aliphatic rings. The summed E-state index contributed by atoms with van der Waals surface area (Å²) in [7, 11) is 1.66. The number of carbonyl (C=O) groups excluding carboxylic acids is 1. The number of hydrogen-bond donors (Lipinski definition) is 1. The third kappa shape index (κ3) is 6.37. The number of ether oxygens (including phenoxy) is 2. The van der Waals surface area contributed by atoms with Crippen molar-refractivity contribution < 1.29 is 14.3 Å². The van der Waals surface area contributed by atoms with Crippen LogP contribution in [0.2, 0.25) is 0 Å². The zero-order chi connectivity index (χ0) is 20.8. The molecule has 2 aromatic carbocycles. The van der Waals surface area contributed by atoms with Gasteiger partial charge in [0, 0.05) is 18.7 Å². The maximum Gasteiger partial charge on any atom is 0.253 e. The molecule has 31 heavy (non-hydrogen) atoms. The molecule has 0 spiro atoms. The van der Waals surface area contributed by atoms with Crippen LogP contribution in [0.3, 0.4) is 0 Å². The first kappa shape index (κ1) is 23.4. The second-order valence-corrected chi connectivity index (χ2v) is 8.48. The smallest absolute Gasteiger partial charge is 0.253 e. The van der Waals surface area contributed by atoms with Crippen molar-refractivity contribution in [1.82, 2.24) is 10.2 Å². The highest BCUT2D eigenvalue weighted by Crippen LogP contribution is 2.23. The van der Waals surface area contributed by atoms with E-state index in [-0.39, 0.29) is 18.3 Å². The van der Waals surface area contributed by atoms with Crippen molar-refractivity contribution >= 4 is 18.3 Å². The summed E-state index contributed by atoms with van der Waals surface area (Å²) in [6.45, 7) is 4.52. The van der Waals surface area contributed by atoms with E-state index < -0.39 is 0 Å². The summed E-state index contributed by atoms with van der Waals surface area (Å²) in [5.74, 6) is 3.06. The van der Waals surface area contributed by atoms with Crippen LogP contribution in [0.25, 0.3) is 0 Å². The number of likely N-dealkylation sites (tertiary alicyclic amines) is 1. The van der Waals surface area contributed by atoms with Gasteiger partial charge in [-0.25, -0.2) is 0 Å². The highest BCUT2D eigenvalue weighted by molar-refractivity contribution is 5.94. The van der Waals surface area contributed by atoms with Gasteiger partial charge in [-0.2, -0.15) is 0 Å². The lowest BCUT2D eigenvalue weighted by atomic mass is 9.96. The van der Waals surface area contributed by atoms with Crippen LogP contribution in [0.15, 0.2) is 48.5 Å². The molecule has 2 aliphatic heterocycles. The van der Waals surface area contributed by atoms with Gasteiger partial charge in [0.15, 0.2) is 0 Å². The van der Waals surface area contributed by atoms with E-state index in [1.54, 1.807) is 7.11 Å². The molecule has 1 N–H and O–H groups in total. The van der Waals surface area contributed by atoms with Gasteiger partial charge in [-0.3, -0.25) is 4.79 Å². The lowest BCUT2D eigenvalue weighted by molar-refractivity contribution is 0.0661. The molecule has 2 aromatic rings. The molecule has 1 unspecified atom stereocenters. The molecular formula is C25H33ClN2O3. The Bertz CT molecular complexity index is 812. The molecule has 2 fully saturated rings. The first-order valence-electron chi connectivity index (χ1n) is 11.1. The molecule has 2 heterocycles. The van der Waals surface area contributed by atoms with Gasteiger partial charge < -0.3 is 19.7 Å². The average molecular weight is 445 g/mol. The number of rotatable bonds is 7. The van der Waals surface area contributed by atoms with E-state index in [2.05, 4.69) is 17.4 Å². The molecule has 0 aliphatic carbocycles. The third-order valence-electron chi connectivity index (χ3n) is 6.33. The van der Waals surface area contributed by atoms with E-state index in [0.717, 1.165) is 68.4 Å². The largest absolute Gasteiger partial charge is 0.497 e. The lowest BCUT2D eigenvalue weighted by Crippen LogP contribution is -2.39. The van der Waals surface area contributed by atoms with Crippen LogP contribution < -0.4 is 14.8 Å². The van der Waals surface area contributed by atoms with Gasteiger partial charge >= 0.3 is 0 Å². The molecule has 6 heteroatoms. The van der Waals surface area contributed by atoms with Crippen molar-refractivity contribution in [3.63, 3.8) is 0 Å². The van der Waals surface area contributed by atoms with E-state index in [1.165, 1.54) is 12.0 Å². The Kier molecular flexibility index (Phi) is 8.61. The molecular weight excluding hydrogens is 412 g/mol. The second kappa shape index (κ2) is 11.4. The van der Waals surface area contributed by atoms with Gasteiger partial charge in [0.05, 0.1) is 13.7 Å². The number of nitrogens with zero attached hydrogens (tertiary/aromatic N) is 1. The summed E-state index contributed by atoms with van der Waals surface area (Å²) < 4.78 is 11.1. The van der Waals surface area contributed by atoms with Gasteiger partial charge in [-0.1, -0.05) is 12.1 Å². The normalized spacial score (nSPS) is 19.0. The quantitative estimate of drug-likeness (QED) is 0.695. The summed E-state index contributed by atoms with van der Waals surface area (Å²) in [5.41, 5.74) is 2.13. The van der Waals surface area contributed by atoms with Gasteiger partial charge in [-0.05, 0) is 92.6 Å². The number of benzene rings is 2. The predicted octanol–water partition coefficient (Wildman–Crippen LogP) is 4.20. The Balaban J connectivity index is 0.00000272. The fourth-order valence-electron chi connectivity index (χ4n) is 4.38. The van der Waals surface area contributed by atoms with E-state index in [0.29, 0.717) is 12.5 Å². The predicted molar refractivity (Wildman–Crippen MR) is 125 cm³/mol. The Morgan fingerprint density at radius 2 is 1.65 bits per heavy atom. The molecule has 168 valence electrons. The number of amides is 1. The molecule has 2 saturated heterocycles. The number of carbonyl (C=O) groups is 1. The summed E-state index contributed by atoms with van der Waals surface area (Å²) in [4.78, 5) is 14.9. The molecule has 1 atom stereocenters. The number of methoxy groups -OCH3 is 1. The number of piperidine rings is 1. The van der Waals surface area contributed by atoms with E-state index in [4.69, 9.17) is 9.47 Å². The number of halogens is 1. The fourth-order valence-corrected chi connectivity index (χ4v) is 4.38. The molecule has 5 nitrogen and oxygen atoms in total. The zero-order valence-corrected chi connectivity index (χ0v) is 19.0. The van der Waals surface area contributed by atoms with Crippen molar-refractivity contribution in [3.8, 4) is 11.5 Å². The SMILES string of the molecule is COc1ccc(OCC2CCN(C(=O)c3ccc(CC4CCNC4)cc3)CC2)cc1.Cl. The standard InChI is InChI=1S/C25H32N2O3.ClH/c1-29-23-6-8-24(9-7-23)30-18-20-11-14-27(15-12-20)25(28)22-4-2-19(3-5-22)16-21-10-13-26-17-21;/h2-9,20-21,26H,10-18H2,1H3;1H. The highest BCUT2D eigenvalue weighted by atomic mass is 35.5. The first-order valence-corrected chi connectivity index (χ1v) is 11.1. The van der Waals surface area contributed by atoms with Gasteiger partial charge in [0.2, 0.25) is 0 Å². The molecule has 0 saturated carbocycles. The minimum atomic E-state index is 0. The summed E-state index contributed by atoms with van der Waals surface area (Å²) in [6.07, 6.45) is 4.31. The second-order valence-electron chi connectivity index (χ2n) is 8.48. The van der Waals surface area contributed by atoms with Crippen LogP contribution in [0, 0.1) is 11.8 Å². The van der Waals surface area contributed by atoms with E-state index in [1.807, 2.05) is 41.3 Å². The lowest BCUT2D eigenvalue weighted by Gasteiger charge is -2.32. The Labute approximate surface area is 191 Å². The van der Waals surface area contributed by atoms with Gasteiger partial charge in [0.25, 0.3) is 5.91 Å². The minimum absolute atomic E-state index is 0. The fraction of sp³-hybridized carbons (Fsp3) is 0.480. The van der Waals surface area contributed by atoms with Crippen LogP contribution >= 0.6 is 12.4 Å². The zero-order valence-electron chi connectivity index (χ0n) is 18.2. The third-order valence-corrected chi connectivity index (χ3v) is 6.33. The molecule has 0 radical (unpaired) electrons. The summed E-state index contributed by atoms with van der Waals surface area (Å²) in [5, 5.41) is 3.42. The summed E-state index contributed by atoms with van der Waals surface area (Å²) >= 11 is 0. The molecule has 0 bridgehead atoms. The van der Waals surface area contributed by atoms with E-state index in [9.17, 15) is 4.79 Å². The average Bonchev–Trinajstić information content (AvgIpc) is 3.31. The minimum Gasteiger partial charge on any atom is -0.497 e. The maximum absolute atomic E-state index is 12.9. The van der Waals surface area contributed by atoms with E-state index >= 15 is 0 Å². The van der Waals surface area contributed by atoms with Crippen molar-refractivity contribution in [1.29, 1.82) is 0 Å². The maximum atomic E-state index is 12.9. The summed E-state index contributed by atoms with van der Waals surface area (Å²) in [6, 6.07) is 15.9. The number of hydrogen-bond acceptors (Lipinski definition) is 4. The monoisotopic (exact) mass is 444 g/mol. The van der Waals surface area contributed by atoms with Crippen LogP contribution in [-0.4, -0.2) is 50.7 Å². The van der Waals surface area contributed by atoms with Crippen molar-refractivity contribution in [2.24, 2.45) is 11.8 Å². The Hall–Kier alpha value is -2.24. The first-order chi connectivity index (χ1) is 14.7. The van der Waals surface area contributed by atoms with Crippen molar-refractivity contribution in [2.75, 3.05) is 39.9 Å². The van der Waals surface area contributed by atoms with Crippen LogP contribution in [0.4, 0.5) is 0 Å². The van der Waals surface area contributed by atoms with Crippen LogP contribution in [0.5, 0.6) is 11.5 Å². The van der Waals surface area contributed by atoms with Gasteiger partial charge in [0.1, 0.15) is 11.5 Å². The van der Waals surface area contributed by atoms with Crippen molar-refractivity contribution in [2.45, 2.75) is 25.7 Å². The van der Waals surface area contributed by atoms with Gasteiger partial charge in [-0.15, -0.1) is 12.4 Å². The molecule has 4 rings (SSSR count). The van der Waals surface area contributed by atoms with Crippen LogP contribution in [-0.2, 0) is 6.42 Å². The van der Waals surface area contributed by atoms with Crippen molar-refractivity contribution in [3.05, 3.63) is 59.7 Å². The van der Waals surface area contributed by atoms with Crippen LogP contribution in [0.1, 0.15) is 35.2 Å². The Morgan fingerprint density at radius 1 is 0.968 bits per heavy atom. The molecule has 1 amide bonds. The molecule has 0 aromatic heterocycles. The topological polar surface area (TPSA) is 50.8 Å². The highest BCUT2D eigenvalue weighted by Gasteiger charge is 2.24. The Morgan fingerprint density at radius 3 is 2.26 bits per heavy atom.